The van der Waals surface area contributed by atoms with Gasteiger partial charge >= 0.3 is 0 Å². The molecule has 106 valence electrons. The molecule has 0 fully saturated rings. The third-order valence-electron chi connectivity index (χ3n) is 3.00. The average Bonchev–Trinajstić information content (AvgIpc) is 2.45. The van der Waals surface area contributed by atoms with E-state index in [0.717, 1.165) is 26.5 Å². The number of hydrogen-bond donors (Lipinski definition) is 1. The van der Waals surface area contributed by atoms with Gasteiger partial charge in [0.05, 0.1) is 5.25 Å². The zero-order valence-corrected chi connectivity index (χ0v) is 14.3. The number of pyridine rings is 1. The van der Waals surface area contributed by atoms with Gasteiger partial charge in [0.15, 0.2) is 0 Å². The van der Waals surface area contributed by atoms with E-state index in [1.54, 1.807) is 18.0 Å². The van der Waals surface area contributed by atoms with Gasteiger partial charge in [0.25, 0.3) is 0 Å². The van der Waals surface area contributed by atoms with Crippen molar-refractivity contribution in [1.29, 1.82) is 0 Å². The van der Waals surface area contributed by atoms with Crippen LogP contribution in [0.1, 0.15) is 24.2 Å². The van der Waals surface area contributed by atoms with Crippen LogP contribution in [0.4, 0.5) is 0 Å². The Kier molecular flexibility index (Phi) is 5.90. The first-order valence-electron chi connectivity index (χ1n) is 6.40. The van der Waals surface area contributed by atoms with E-state index >= 15 is 0 Å². The van der Waals surface area contributed by atoms with E-state index in [1.807, 2.05) is 30.3 Å². The molecule has 2 atom stereocenters. The Balaban J connectivity index is 2.31. The van der Waals surface area contributed by atoms with E-state index in [1.165, 1.54) is 0 Å². The summed E-state index contributed by atoms with van der Waals surface area (Å²) in [5.74, 6) is 0. The molecule has 0 aliphatic heterocycles. The van der Waals surface area contributed by atoms with Crippen LogP contribution in [0.3, 0.4) is 0 Å². The minimum Gasteiger partial charge on any atom is -0.326 e. The maximum Gasteiger partial charge on any atom is 0.111 e. The second kappa shape index (κ2) is 7.46. The summed E-state index contributed by atoms with van der Waals surface area (Å²) >= 11 is 11.3. The molecule has 0 saturated heterocycles. The van der Waals surface area contributed by atoms with Crippen LogP contribution in [0.25, 0.3) is 0 Å². The SMILES string of the molecule is CCC(N)C(Sc1ncccc1Br)c1cccc(Cl)c1. The molecule has 0 spiro atoms. The second-order valence-corrected chi connectivity index (χ2v) is 6.88. The van der Waals surface area contributed by atoms with Crippen molar-refractivity contribution in [2.45, 2.75) is 29.7 Å². The summed E-state index contributed by atoms with van der Waals surface area (Å²) in [5.41, 5.74) is 7.42. The minimum absolute atomic E-state index is 0.0485. The highest BCUT2D eigenvalue weighted by Gasteiger charge is 2.21. The molecule has 0 aliphatic carbocycles. The molecule has 20 heavy (non-hydrogen) atoms. The number of aromatic nitrogens is 1. The average molecular weight is 372 g/mol. The summed E-state index contributed by atoms with van der Waals surface area (Å²) in [5, 5.41) is 1.81. The summed E-state index contributed by atoms with van der Waals surface area (Å²) in [6.45, 7) is 2.09. The standard InChI is InChI=1S/C15H16BrClN2S/c1-2-13(18)14(10-5-3-6-11(17)9-10)20-15-12(16)7-4-8-19-15/h3-9,13-14H,2,18H2,1H3. The van der Waals surface area contributed by atoms with Crippen LogP contribution in [-0.2, 0) is 0 Å². The molecule has 0 saturated carbocycles. The summed E-state index contributed by atoms with van der Waals surface area (Å²) in [4.78, 5) is 4.41. The summed E-state index contributed by atoms with van der Waals surface area (Å²) in [6, 6.07) is 11.8. The topological polar surface area (TPSA) is 38.9 Å². The van der Waals surface area contributed by atoms with Crippen molar-refractivity contribution in [2.24, 2.45) is 5.73 Å². The molecule has 2 unspecified atom stereocenters. The molecule has 2 rings (SSSR count). The zero-order valence-electron chi connectivity index (χ0n) is 11.1. The number of halogens is 2. The lowest BCUT2D eigenvalue weighted by atomic mass is 10.0. The number of benzene rings is 1. The molecule has 0 aliphatic rings. The van der Waals surface area contributed by atoms with Crippen molar-refractivity contribution < 1.29 is 0 Å². The van der Waals surface area contributed by atoms with Gasteiger partial charge in [-0.25, -0.2) is 4.98 Å². The van der Waals surface area contributed by atoms with Crippen molar-refractivity contribution >= 4 is 39.3 Å². The fourth-order valence-corrected chi connectivity index (χ4v) is 3.81. The Morgan fingerprint density at radius 3 is 2.80 bits per heavy atom. The predicted octanol–water partition coefficient (Wildman–Crippen LogP) is 5.07. The van der Waals surface area contributed by atoms with Crippen LogP contribution >= 0.6 is 39.3 Å². The number of nitrogens with two attached hydrogens (primary N) is 1. The Labute approximate surface area is 137 Å². The molecule has 0 radical (unpaired) electrons. The normalized spacial score (nSPS) is 14.0. The molecular formula is C15H16BrClN2S. The lowest BCUT2D eigenvalue weighted by molar-refractivity contribution is 0.633. The van der Waals surface area contributed by atoms with Crippen molar-refractivity contribution in [3.8, 4) is 0 Å². The van der Waals surface area contributed by atoms with Gasteiger partial charge in [-0.15, -0.1) is 0 Å². The summed E-state index contributed by atoms with van der Waals surface area (Å²) in [6.07, 6.45) is 2.69. The highest BCUT2D eigenvalue weighted by Crippen LogP contribution is 2.40. The molecule has 2 aromatic rings. The van der Waals surface area contributed by atoms with Gasteiger partial charge in [-0.3, -0.25) is 0 Å². The Bertz CT molecular complexity index is 579. The van der Waals surface area contributed by atoms with Crippen molar-refractivity contribution in [2.75, 3.05) is 0 Å². The first-order chi connectivity index (χ1) is 9.61. The van der Waals surface area contributed by atoms with Crippen LogP contribution in [0, 0.1) is 0 Å². The third kappa shape index (κ3) is 3.98. The fraction of sp³-hybridized carbons (Fsp3) is 0.267. The van der Waals surface area contributed by atoms with E-state index < -0.39 is 0 Å². The Hall–Kier alpha value is -0.550. The Morgan fingerprint density at radius 1 is 1.35 bits per heavy atom. The second-order valence-electron chi connectivity index (χ2n) is 4.46. The minimum atomic E-state index is 0.0485. The van der Waals surface area contributed by atoms with Crippen LogP contribution in [0.5, 0.6) is 0 Å². The lowest BCUT2D eigenvalue weighted by Crippen LogP contribution is -2.25. The van der Waals surface area contributed by atoms with Gasteiger partial charge in [0.1, 0.15) is 5.03 Å². The number of rotatable bonds is 5. The fourth-order valence-electron chi connectivity index (χ4n) is 1.88. The quantitative estimate of drug-likeness (QED) is 0.746. The maximum atomic E-state index is 6.29. The van der Waals surface area contributed by atoms with Crippen LogP contribution < -0.4 is 5.73 Å². The summed E-state index contributed by atoms with van der Waals surface area (Å²) in [7, 11) is 0. The molecule has 2 nitrogen and oxygen atoms in total. The van der Waals surface area contributed by atoms with E-state index in [0.29, 0.717) is 0 Å². The van der Waals surface area contributed by atoms with Crippen molar-refractivity contribution in [1.82, 2.24) is 4.98 Å². The van der Waals surface area contributed by atoms with Gasteiger partial charge < -0.3 is 5.73 Å². The highest BCUT2D eigenvalue weighted by molar-refractivity contribution is 9.10. The zero-order chi connectivity index (χ0) is 14.5. The van der Waals surface area contributed by atoms with Gasteiger partial charge in [-0.2, -0.15) is 0 Å². The summed E-state index contributed by atoms with van der Waals surface area (Å²) < 4.78 is 0.986. The Morgan fingerprint density at radius 2 is 2.15 bits per heavy atom. The number of nitrogens with zero attached hydrogens (tertiary/aromatic N) is 1. The molecule has 5 heteroatoms. The monoisotopic (exact) mass is 370 g/mol. The van der Waals surface area contributed by atoms with Crippen LogP contribution in [-0.4, -0.2) is 11.0 Å². The molecule has 2 N–H and O–H groups in total. The van der Waals surface area contributed by atoms with E-state index in [4.69, 9.17) is 17.3 Å². The largest absolute Gasteiger partial charge is 0.326 e. The van der Waals surface area contributed by atoms with Crippen molar-refractivity contribution in [3.05, 3.63) is 57.7 Å². The molecule has 1 aromatic heterocycles. The number of thioether (sulfide) groups is 1. The molecule has 0 bridgehead atoms. The van der Waals surface area contributed by atoms with E-state index in [-0.39, 0.29) is 11.3 Å². The van der Waals surface area contributed by atoms with Gasteiger partial charge in [0, 0.05) is 21.7 Å². The first kappa shape index (κ1) is 15.8. The van der Waals surface area contributed by atoms with Crippen molar-refractivity contribution in [3.63, 3.8) is 0 Å². The molecule has 1 heterocycles. The highest BCUT2D eigenvalue weighted by atomic mass is 79.9. The van der Waals surface area contributed by atoms with E-state index in [9.17, 15) is 0 Å². The molecule has 0 amide bonds. The van der Waals surface area contributed by atoms with Gasteiger partial charge in [-0.1, -0.05) is 42.4 Å². The smallest absolute Gasteiger partial charge is 0.111 e. The third-order valence-corrected chi connectivity index (χ3v) is 5.56. The van der Waals surface area contributed by atoms with Crippen LogP contribution in [0.2, 0.25) is 5.02 Å². The lowest BCUT2D eigenvalue weighted by Gasteiger charge is -2.23. The van der Waals surface area contributed by atoms with Gasteiger partial charge in [-0.05, 0) is 52.2 Å². The molecular weight excluding hydrogens is 356 g/mol. The first-order valence-corrected chi connectivity index (χ1v) is 8.45. The van der Waals surface area contributed by atoms with Gasteiger partial charge in [0.2, 0.25) is 0 Å². The number of hydrogen-bond acceptors (Lipinski definition) is 3. The maximum absolute atomic E-state index is 6.29. The van der Waals surface area contributed by atoms with E-state index in [2.05, 4.69) is 33.9 Å². The molecule has 1 aromatic carbocycles. The predicted molar refractivity (Wildman–Crippen MR) is 90.3 cm³/mol. The van der Waals surface area contributed by atoms with Crippen LogP contribution in [0.15, 0.2) is 52.1 Å².